The molecule has 0 unspecified atom stereocenters. The molecule has 1 aromatic rings. The van der Waals surface area contributed by atoms with E-state index in [0.29, 0.717) is 25.0 Å². The van der Waals surface area contributed by atoms with Gasteiger partial charge in [0.25, 0.3) is 0 Å². The van der Waals surface area contributed by atoms with Crippen molar-refractivity contribution in [2.45, 2.75) is 40.0 Å². The van der Waals surface area contributed by atoms with Gasteiger partial charge < -0.3 is 9.47 Å². The van der Waals surface area contributed by atoms with Crippen molar-refractivity contribution in [3.63, 3.8) is 0 Å². The van der Waals surface area contributed by atoms with E-state index < -0.39 is 0 Å². The van der Waals surface area contributed by atoms with Crippen LogP contribution in [0, 0.1) is 5.92 Å². The van der Waals surface area contributed by atoms with Crippen LogP contribution in [0.1, 0.15) is 45.6 Å². The summed E-state index contributed by atoms with van der Waals surface area (Å²) in [5.41, 5.74) is 1.34. The van der Waals surface area contributed by atoms with Crippen LogP contribution in [0.5, 0.6) is 5.75 Å². The highest BCUT2D eigenvalue weighted by Crippen LogP contribution is 2.18. The van der Waals surface area contributed by atoms with E-state index in [0.717, 1.165) is 18.8 Å². The average Bonchev–Trinajstić information content (AvgIpc) is 2.34. The highest BCUT2D eigenvalue weighted by molar-refractivity contribution is 5.28. The molecule has 2 heteroatoms. The van der Waals surface area contributed by atoms with Crippen LogP contribution in [0.25, 0.3) is 0 Å². The lowest BCUT2D eigenvalue weighted by Crippen LogP contribution is -2.08. The van der Waals surface area contributed by atoms with E-state index in [9.17, 15) is 0 Å². The van der Waals surface area contributed by atoms with Crippen LogP contribution in [-0.4, -0.2) is 19.8 Å². The Labute approximate surface area is 111 Å². The summed E-state index contributed by atoms with van der Waals surface area (Å²) in [4.78, 5) is 0. The molecule has 0 amide bonds. The summed E-state index contributed by atoms with van der Waals surface area (Å²) in [6, 6.07) is 8.31. The lowest BCUT2D eigenvalue weighted by atomic mass is 10.0. The zero-order valence-corrected chi connectivity index (χ0v) is 12.1. The Morgan fingerprint density at radius 3 is 2.11 bits per heavy atom. The summed E-state index contributed by atoms with van der Waals surface area (Å²) in [7, 11) is 0. The van der Waals surface area contributed by atoms with Gasteiger partial charge in [0.2, 0.25) is 0 Å². The van der Waals surface area contributed by atoms with Gasteiger partial charge in [0, 0.05) is 6.61 Å². The van der Waals surface area contributed by atoms with Gasteiger partial charge in [-0.1, -0.05) is 39.8 Å². The van der Waals surface area contributed by atoms with Crippen LogP contribution in [0.4, 0.5) is 0 Å². The van der Waals surface area contributed by atoms with Crippen molar-refractivity contribution in [1.29, 1.82) is 0 Å². The van der Waals surface area contributed by atoms with Crippen LogP contribution < -0.4 is 4.74 Å². The summed E-state index contributed by atoms with van der Waals surface area (Å²) < 4.78 is 11.1. The normalized spacial score (nSPS) is 11.2. The smallest absolute Gasteiger partial charge is 0.119 e. The van der Waals surface area contributed by atoms with Crippen molar-refractivity contribution < 1.29 is 9.47 Å². The second kappa shape index (κ2) is 8.15. The first kappa shape index (κ1) is 15.0. The fourth-order valence-electron chi connectivity index (χ4n) is 1.59. The first-order chi connectivity index (χ1) is 8.59. The topological polar surface area (TPSA) is 18.5 Å². The van der Waals surface area contributed by atoms with Crippen LogP contribution in [0.15, 0.2) is 24.3 Å². The van der Waals surface area contributed by atoms with Crippen molar-refractivity contribution in [1.82, 2.24) is 0 Å². The van der Waals surface area contributed by atoms with E-state index in [1.54, 1.807) is 0 Å². The third-order valence-electron chi connectivity index (χ3n) is 2.88. The minimum Gasteiger partial charge on any atom is -0.491 e. The van der Waals surface area contributed by atoms with Gasteiger partial charge in [-0.3, -0.25) is 0 Å². The molecule has 0 aliphatic heterocycles. The summed E-state index contributed by atoms with van der Waals surface area (Å²) in [6.45, 7) is 10.9. The summed E-state index contributed by atoms with van der Waals surface area (Å²) in [6.07, 6.45) is 1.11. The summed E-state index contributed by atoms with van der Waals surface area (Å²) in [5, 5.41) is 0. The molecule has 0 aromatic heterocycles. The van der Waals surface area contributed by atoms with Crippen LogP contribution in [0.2, 0.25) is 0 Å². The molecule has 0 aliphatic carbocycles. The van der Waals surface area contributed by atoms with Crippen LogP contribution in [-0.2, 0) is 4.74 Å². The highest BCUT2D eigenvalue weighted by atomic mass is 16.5. The lowest BCUT2D eigenvalue weighted by Gasteiger charge is -2.10. The van der Waals surface area contributed by atoms with Gasteiger partial charge in [0.15, 0.2) is 0 Å². The number of ether oxygens (including phenoxy) is 2. The molecule has 2 nitrogen and oxygen atoms in total. The number of rotatable bonds is 8. The zero-order valence-electron chi connectivity index (χ0n) is 12.1. The first-order valence-electron chi connectivity index (χ1n) is 6.90. The first-order valence-corrected chi connectivity index (χ1v) is 6.90. The van der Waals surface area contributed by atoms with Gasteiger partial charge in [-0.25, -0.2) is 0 Å². The van der Waals surface area contributed by atoms with Gasteiger partial charge in [0.1, 0.15) is 12.4 Å². The van der Waals surface area contributed by atoms with Gasteiger partial charge in [-0.05, 0) is 36.0 Å². The molecule has 0 fully saturated rings. The van der Waals surface area contributed by atoms with E-state index >= 15 is 0 Å². The van der Waals surface area contributed by atoms with Gasteiger partial charge in [-0.15, -0.1) is 0 Å². The Bertz CT molecular complexity index is 314. The molecule has 18 heavy (non-hydrogen) atoms. The summed E-state index contributed by atoms with van der Waals surface area (Å²) in [5.74, 6) is 2.19. The molecule has 0 saturated carbocycles. The van der Waals surface area contributed by atoms with Crippen molar-refractivity contribution in [2.24, 2.45) is 5.92 Å². The maximum Gasteiger partial charge on any atom is 0.119 e. The SMILES string of the molecule is CC(C)CCOCCOc1ccc(C(C)C)cc1. The largest absolute Gasteiger partial charge is 0.491 e. The third-order valence-corrected chi connectivity index (χ3v) is 2.88. The van der Waals surface area contributed by atoms with E-state index in [1.165, 1.54) is 5.56 Å². The molecular formula is C16H26O2. The average molecular weight is 250 g/mol. The zero-order chi connectivity index (χ0) is 13.4. The molecule has 0 saturated heterocycles. The van der Waals surface area contributed by atoms with Crippen molar-refractivity contribution in [3.05, 3.63) is 29.8 Å². The Morgan fingerprint density at radius 1 is 0.889 bits per heavy atom. The Morgan fingerprint density at radius 2 is 1.56 bits per heavy atom. The number of hydrogen-bond acceptors (Lipinski definition) is 2. The number of benzene rings is 1. The maximum atomic E-state index is 5.62. The monoisotopic (exact) mass is 250 g/mol. The predicted octanol–water partition coefficient (Wildman–Crippen LogP) is 4.25. The van der Waals surface area contributed by atoms with E-state index in [2.05, 4.69) is 39.8 Å². The molecule has 1 aromatic carbocycles. The molecular weight excluding hydrogens is 224 g/mol. The predicted molar refractivity (Wildman–Crippen MR) is 76.3 cm³/mol. The lowest BCUT2D eigenvalue weighted by molar-refractivity contribution is 0.0926. The maximum absolute atomic E-state index is 5.62. The van der Waals surface area contributed by atoms with E-state index in [1.807, 2.05) is 12.1 Å². The molecule has 0 radical (unpaired) electrons. The molecule has 0 N–H and O–H groups in total. The fourth-order valence-corrected chi connectivity index (χ4v) is 1.59. The Balaban J connectivity index is 2.15. The summed E-state index contributed by atoms with van der Waals surface area (Å²) >= 11 is 0. The second-order valence-corrected chi connectivity index (χ2v) is 5.37. The molecule has 0 heterocycles. The molecule has 1 rings (SSSR count). The molecule has 0 spiro atoms. The molecule has 0 aliphatic rings. The Kier molecular flexibility index (Phi) is 6.81. The highest BCUT2D eigenvalue weighted by Gasteiger charge is 1.99. The van der Waals surface area contributed by atoms with Crippen molar-refractivity contribution >= 4 is 0 Å². The minimum atomic E-state index is 0.568. The van der Waals surface area contributed by atoms with Crippen molar-refractivity contribution in [2.75, 3.05) is 19.8 Å². The van der Waals surface area contributed by atoms with Gasteiger partial charge in [0.05, 0.1) is 6.61 Å². The fraction of sp³-hybridized carbons (Fsp3) is 0.625. The second-order valence-electron chi connectivity index (χ2n) is 5.37. The van der Waals surface area contributed by atoms with E-state index in [4.69, 9.17) is 9.47 Å². The molecule has 102 valence electrons. The third kappa shape index (κ3) is 6.06. The molecule has 0 atom stereocenters. The van der Waals surface area contributed by atoms with Crippen LogP contribution in [0.3, 0.4) is 0 Å². The van der Waals surface area contributed by atoms with Gasteiger partial charge in [-0.2, -0.15) is 0 Å². The Hall–Kier alpha value is -1.02. The standard InChI is InChI=1S/C16H26O2/c1-13(2)9-10-17-11-12-18-16-7-5-15(6-8-16)14(3)4/h5-8,13-14H,9-12H2,1-4H3. The van der Waals surface area contributed by atoms with E-state index in [-0.39, 0.29) is 0 Å². The molecule has 0 bridgehead atoms. The quantitative estimate of drug-likeness (QED) is 0.642. The van der Waals surface area contributed by atoms with Crippen molar-refractivity contribution in [3.8, 4) is 5.75 Å². The number of hydrogen-bond donors (Lipinski definition) is 0. The van der Waals surface area contributed by atoms with Crippen LogP contribution >= 0.6 is 0 Å². The minimum absolute atomic E-state index is 0.568. The van der Waals surface area contributed by atoms with Gasteiger partial charge >= 0.3 is 0 Å².